The van der Waals surface area contributed by atoms with Gasteiger partial charge in [-0.3, -0.25) is 0 Å². The van der Waals surface area contributed by atoms with Crippen molar-refractivity contribution in [3.63, 3.8) is 0 Å². The van der Waals surface area contributed by atoms with Gasteiger partial charge in [0.2, 0.25) is 0 Å². The molecular weight excluding hydrogens is 271 g/mol. The molecule has 0 bridgehead atoms. The predicted molar refractivity (Wildman–Crippen MR) is 75.6 cm³/mol. The van der Waals surface area contributed by atoms with Crippen LogP contribution in [0, 0.1) is 0 Å². The molecular formula is C12H18Cl2N4. The summed E-state index contributed by atoms with van der Waals surface area (Å²) in [5, 5.41) is 8.35. The maximum absolute atomic E-state index is 6.07. The highest BCUT2D eigenvalue weighted by atomic mass is 35.5. The van der Waals surface area contributed by atoms with Crippen LogP contribution in [-0.4, -0.2) is 48.3 Å². The lowest BCUT2D eigenvalue weighted by Crippen LogP contribution is -2.56. The topological polar surface area (TPSA) is 32.3 Å². The fourth-order valence-corrected chi connectivity index (χ4v) is 2.85. The average molecular weight is 289 g/mol. The van der Waals surface area contributed by atoms with Gasteiger partial charge in [-0.05, 0) is 33.4 Å². The zero-order valence-electron chi connectivity index (χ0n) is 11.0. The lowest BCUT2D eigenvalue weighted by atomic mass is 9.75. The molecule has 1 aromatic rings. The molecule has 0 N–H and O–H groups in total. The third kappa shape index (κ3) is 2.56. The van der Waals surface area contributed by atoms with Crippen LogP contribution in [-0.2, 0) is 0 Å². The molecule has 18 heavy (non-hydrogen) atoms. The first-order valence-corrected chi connectivity index (χ1v) is 6.77. The van der Waals surface area contributed by atoms with E-state index in [4.69, 9.17) is 23.2 Å². The summed E-state index contributed by atoms with van der Waals surface area (Å²) in [7, 11) is 6.28. The monoisotopic (exact) mass is 288 g/mol. The van der Waals surface area contributed by atoms with Crippen molar-refractivity contribution in [3.05, 3.63) is 16.4 Å². The fourth-order valence-electron chi connectivity index (χ4n) is 2.47. The Balaban J connectivity index is 2.16. The standard InChI is InChI=1S/C12H18Cl2N4/c1-17(2)12(5-4-6-12)8-18(3)9-7-10(13)15-16-11(9)14/h7H,4-6,8H2,1-3H3. The summed E-state index contributed by atoms with van der Waals surface area (Å²) in [4.78, 5) is 4.42. The molecule has 1 aliphatic rings. The minimum atomic E-state index is 0.244. The lowest BCUT2D eigenvalue weighted by Gasteiger charge is -2.49. The van der Waals surface area contributed by atoms with E-state index < -0.39 is 0 Å². The van der Waals surface area contributed by atoms with Crippen molar-refractivity contribution in [2.45, 2.75) is 24.8 Å². The Hall–Kier alpha value is -0.580. The summed E-state index contributed by atoms with van der Waals surface area (Å²) >= 11 is 11.9. The van der Waals surface area contributed by atoms with Crippen molar-refractivity contribution in [2.24, 2.45) is 0 Å². The fraction of sp³-hybridized carbons (Fsp3) is 0.667. The highest BCUT2D eigenvalue weighted by molar-refractivity contribution is 6.33. The minimum absolute atomic E-state index is 0.244. The molecule has 0 spiro atoms. The number of aromatic nitrogens is 2. The van der Waals surface area contributed by atoms with Gasteiger partial charge in [-0.2, -0.15) is 0 Å². The van der Waals surface area contributed by atoms with Crippen LogP contribution in [0.25, 0.3) is 0 Å². The molecule has 0 atom stereocenters. The molecule has 0 saturated heterocycles. The van der Waals surface area contributed by atoms with Gasteiger partial charge in [-0.15, -0.1) is 10.2 Å². The lowest BCUT2D eigenvalue weighted by molar-refractivity contribution is 0.0683. The molecule has 0 amide bonds. The van der Waals surface area contributed by atoms with Crippen LogP contribution in [0.1, 0.15) is 19.3 Å². The summed E-state index contributed by atoms with van der Waals surface area (Å²) < 4.78 is 0. The molecule has 2 rings (SSSR count). The number of hydrogen-bond acceptors (Lipinski definition) is 4. The number of rotatable bonds is 4. The average Bonchev–Trinajstić information content (AvgIpc) is 2.26. The Labute approximate surface area is 118 Å². The summed E-state index contributed by atoms with van der Waals surface area (Å²) in [5.74, 6) is 0. The normalized spacial score (nSPS) is 17.7. The molecule has 6 heteroatoms. The summed E-state index contributed by atoms with van der Waals surface area (Å²) in [5.41, 5.74) is 1.08. The van der Waals surface area contributed by atoms with E-state index in [1.165, 1.54) is 19.3 Å². The zero-order chi connectivity index (χ0) is 13.3. The van der Waals surface area contributed by atoms with E-state index in [0.717, 1.165) is 12.2 Å². The second-order valence-electron chi connectivity index (χ2n) is 5.17. The van der Waals surface area contributed by atoms with Gasteiger partial charge in [0.05, 0.1) is 5.69 Å². The second-order valence-corrected chi connectivity index (χ2v) is 5.92. The molecule has 100 valence electrons. The largest absolute Gasteiger partial charge is 0.370 e. The smallest absolute Gasteiger partial charge is 0.175 e. The zero-order valence-corrected chi connectivity index (χ0v) is 12.5. The molecule has 1 aliphatic carbocycles. The Kier molecular flexibility index (Phi) is 3.99. The molecule has 0 aliphatic heterocycles. The van der Waals surface area contributed by atoms with E-state index >= 15 is 0 Å². The van der Waals surface area contributed by atoms with E-state index in [0.29, 0.717) is 10.3 Å². The molecule has 1 fully saturated rings. The maximum Gasteiger partial charge on any atom is 0.175 e. The van der Waals surface area contributed by atoms with Crippen molar-refractivity contribution in [2.75, 3.05) is 32.6 Å². The van der Waals surface area contributed by atoms with Gasteiger partial charge in [0.25, 0.3) is 0 Å². The highest BCUT2D eigenvalue weighted by Gasteiger charge is 2.40. The summed E-state index contributed by atoms with van der Waals surface area (Å²) in [6, 6.07) is 1.76. The third-order valence-corrected chi connectivity index (χ3v) is 4.33. The van der Waals surface area contributed by atoms with Crippen LogP contribution in [0.4, 0.5) is 5.69 Å². The van der Waals surface area contributed by atoms with Gasteiger partial charge < -0.3 is 9.80 Å². The van der Waals surface area contributed by atoms with Crippen molar-refractivity contribution < 1.29 is 0 Å². The third-order valence-electron chi connectivity index (χ3n) is 3.88. The number of hydrogen-bond donors (Lipinski definition) is 0. The van der Waals surface area contributed by atoms with Crippen molar-refractivity contribution in [1.29, 1.82) is 0 Å². The first kappa shape index (κ1) is 13.8. The summed E-state index contributed by atoms with van der Waals surface area (Å²) in [6.45, 7) is 0.918. The van der Waals surface area contributed by atoms with Crippen LogP contribution >= 0.6 is 23.2 Å². The Bertz CT molecular complexity index is 432. The predicted octanol–water partition coefficient (Wildman–Crippen LogP) is 2.70. The van der Waals surface area contributed by atoms with E-state index in [2.05, 4.69) is 34.1 Å². The molecule has 0 radical (unpaired) electrons. The second kappa shape index (κ2) is 5.19. The molecule has 4 nitrogen and oxygen atoms in total. The van der Waals surface area contributed by atoms with E-state index in [9.17, 15) is 0 Å². The number of likely N-dealkylation sites (N-methyl/N-ethyl adjacent to an activating group) is 2. The Morgan fingerprint density at radius 3 is 2.39 bits per heavy atom. The van der Waals surface area contributed by atoms with Crippen molar-refractivity contribution in [3.8, 4) is 0 Å². The van der Waals surface area contributed by atoms with Crippen LogP contribution < -0.4 is 4.90 Å². The van der Waals surface area contributed by atoms with Gasteiger partial charge in [0.15, 0.2) is 10.3 Å². The quantitative estimate of drug-likeness (QED) is 0.853. The highest BCUT2D eigenvalue weighted by Crippen LogP contribution is 2.38. The minimum Gasteiger partial charge on any atom is -0.370 e. The van der Waals surface area contributed by atoms with Crippen molar-refractivity contribution >= 4 is 28.9 Å². The van der Waals surface area contributed by atoms with Crippen LogP contribution in [0.5, 0.6) is 0 Å². The number of halogens is 2. The molecule has 1 aromatic heterocycles. The van der Waals surface area contributed by atoms with Gasteiger partial charge in [-0.25, -0.2) is 0 Å². The van der Waals surface area contributed by atoms with E-state index in [-0.39, 0.29) is 5.54 Å². The van der Waals surface area contributed by atoms with Gasteiger partial charge in [-0.1, -0.05) is 23.2 Å². The van der Waals surface area contributed by atoms with Crippen LogP contribution in [0.15, 0.2) is 6.07 Å². The van der Waals surface area contributed by atoms with Gasteiger partial charge in [0, 0.05) is 25.2 Å². The van der Waals surface area contributed by atoms with E-state index in [1.807, 2.05) is 7.05 Å². The van der Waals surface area contributed by atoms with Crippen molar-refractivity contribution in [1.82, 2.24) is 15.1 Å². The molecule has 0 unspecified atom stereocenters. The first-order valence-electron chi connectivity index (χ1n) is 6.02. The number of anilines is 1. The maximum atomic E-state index is 6.07. The van der Waals surface area contributed by atoms with Crippen LogP contribution in [0.2, 0.25) is 10.3 Å². The van der Waals surface area contributed by atoms with Gasteiger partial charge >= 0.3 is 0 Å². The summed E-state index contributed by atoms with van der Waals surface area (Å²) in [6.07, 6.45) is 3.72. The Morgan fingerprint density at radius 2 is 1.89 bits per heavy atom. The van der Waals surface area contributed by atoms with Gasteiger partial charge in [0.1, 0.15) is 0 Å². The first-order chi connectivity index (χ1) is 8.44. The molecule has 1 heterocycles. The van der Waals surface area contributed by atoms with E-state index in [1.54, 1.807) is 6.07 Å². The SMILES string of the molecule is CN(CC1(N(C)C)CCC1)c1cc(Cl)nnc1Cl. The van der Waals surface area contributed by atoms with Crippen LogP contribution in [0.3, 0.4) is 0 Å². The Morgan fingerprint density at radius 1 is 1.22 bits per heavy atom. The number of nitrogens with zero attached hydrogens (tertiary/aromatic N) is 4. The molecule has 0 aromatic carbocycles. The molecule has 1 saturated carbocycles.